The number of benzene rings is 2. The fraction of sp³-hybridized carbons (Fsp3) is 0.211. The molecule has 0 aliphatic carbocycles. The van der Waals surface area contributed by atoms with E-state index >= 15 is 0 Å². The average molecular weight is 419 g/mol. The van der Waals surface area contributed by atoms with Crippen LogP contribution >= 0.6 is 0 Å². The molecule has 0 saturated heterocycles. The quantitative estimate of drug-likeness (QED) is 0.489. The summed E-state index contributed by atoms with van der Waals surface area (Å²) in [5, 5.41) is 0. The molecule has 1 heterocycles. The molecule has 0 atom stereocenters. The number of aromatic nitrogens is 1. The predicted octanol–water partition coefficient (Wildman–Crippen LogP) is 3.09. The molecule has 1 aromatic heterocycles. The Kier molecular flexibility index (Phi) is 5.40. The van der Waals surface area contributed by atoms with Crippen molar-refractivity contribution in [3.63, 3.8) is 0 Å². The number of rotatable bonds is 6. The second-order valence-corrected chi connectivity index (χ2v) is 7.12. The standard InChI is InChI=1S/C19H20N2O4Se/c1-22-15-6-5-11(7-14(15)20)19-13(10-21-26-19)12-8-16(23-2)18(25-4)17(9-12)24-3/h5-10H,20H2,1-4H3. The molecule has 6 nitrogen and oxygen atoms in total. The van der Waals surface area contributed by atoms with E-state index in [1.165, 1.54) is 0 Å². The van der Waals surface area contributed by atoms with Crippen molar-refractivity contribution >= 4 is 20.4 Å². The molecule has 0 amide bonds. The monoisotopic (exact) mass is 420 g/mol. The van der Waals surface area contributed by atoms with Crippen molar-refractivity contribution in [2.24, 2.45) is 0 Å². The second kappa shape index (κ2) is 7.72. The van der Waals surface area contributed by atoms with Gasteiger partial charge in [-0.1, -0.05) is 0 Å². The molecule has 0 radical (unpaired) electrons. The molecule has 2 aromatic carbocycles. The molecule has 0 aliphatic rings. The van der Waals surface area contributed by atoms with Crippen LogP contribution in [-0.2, 0) is 0 Å². The summed E-state index contributed by atoms with van der Waals surface area (Å²) in [5.74, 6) is 2.44. The van der Waals surface area contributed by atoms with Gasteiger partial charge in [0.2, 0.25) is 0 Å². The number of nitrogens with two attached hydrogens (primary N) is 1. The number of hydrogen-bond acceptors (Lipinski definition) is 6. The van der Waals surface area contributed by atoms with Gasteiger partial charge in [-0.2, -0.15) is 0 Å². The number of anilines is 1. The summed E-state index contributed by atoms with van der Waals surface area (Å²) >= 11 is -0.0310. The molecule has 2 N–H and O–H groups in total. The van der Waals surface area contributed by atoms with Gasteiger partial charge in [-0.25, -0.2) is 0 Å². The van der Waals surface area contributed by atoms with Crippen molar-refractivity contribution in [2.45, 2.75) is 0 Å². The van der Waals surface area contributed by atoms with Crippen LogP contribution in [0.25, 0.3) is 21.1 Å². The average Bonchev–Trinajstić information content (AvgIpc) is 3.16. The molecule has 26 heavy (non-hydrogen) atoms. The first-order valence-electron chi connectivity index (χ1n) is 7.81. The summed E-state index contributed by atoms with van der Waals surface area (Å²) < 4.78 is 27.2. The first kappa shape index (κ1) is 18.2. The third-order valence-electron chi connectivity index (χ3n) is 4.04. The van der Waals surface area contributed by atoms with Crippen molar-refractivity contribution in [1.29, 1.82) is 0 Å². The summed E-state index contributed by atoms with van der Waals surface area (Å²) in [5.41, 5.74) is 9.68. The molecule has 0 fully saturated rings. The number of nitrogen functional groups attached to an aromatic ring is 1. The van der Waals surface area contributed by atoms with Crippen LogP contribution in [0.5, 0.6) is 23.0 Å². The molecular formula is C19H20N2O4Se. The van der Waals surface area contributed by atoms with E-state index in [4.69, 9.17) is 24.7 Å². The van der Waals surface area contributed by atoms with Gasteiger partial charge in [0.15, 0.2) is 0 Å². The molecule has 0 saturated carbocycles. The van der Waals surface area contributed by atoms with Gasteiger partial charge < -0.3 is 0 Å². The Morgan fingerprint density at radius 2 is 1.46 bits per heavy atom. The molecule has 0 spiro atoms. The number of nitrogens with zero attached hydrogens (tertiary/aromatic N) is 1. The Hall–Kier alpha value is -2.63. The Morgan fingerprint density at radius 3 is 2.00 bits per heavy atom. The van der Waals surface area contributed by atoms with Crippen molar-refractivity contribution in [1.82, 2.24) is 3.98 Å². The SMILES string of the molecule is COc1ccc(-c2[se]ncc2-c2cc(OC)c(OC)c(OC)c2)cc1N. The van der Waals surface area contributed by atoms with Crippen LogP contribution < -0.4 is 24.7 Å². The van der Waals surface area contributed by atoms with E-state index in [0.29, 0.717) is 28.7 Å². The van der Waals surface area contributed by atoms with E-state index in [1.807, 2.05) is 36.5 Å². The topological polar surface area (TPSA) is 75.8 Å². The van der Waals surface area contributed by atoms with Crippen LogP contribution in [0.3, 0.4) is 0 Å². The zero-order valence-electron chi connectivity index (χ0n) is 15.0. The number of ether oxygens (including phenoxy) is 4. The first-order chi connectivity index (χ1) is 12.6. The Balaban J connectivity index is 2.13. The number of methoxy groups -OCH3 is 4. The zero-order valence-corrected chi connectivity index (χ0v) is 16.7. The second-order valence-electron chi connectivity index (χ2n) is 5.44. The Labute approximate surface area is 158 Å². The molecule has 136 valence electrons. The van der Waals surface area contributed by atoms with E-state index in [1.54, 1.807) is 28.4 Å². The molecule has 7 heteroatoms. The van der Waals surface area contributed by atoms with Crippen LogP contribution in [-0.4, -0.2) is 47.2 Å². The Bertz CT molecular complexity index is 899. The maximum atomic E-state index is 6.07. The van der Waals surface area contributed by atoms with Gasteiger partial charge >= 0.3 is 158 Å². The van der Waals surface area contributed by atoms with Crippen molar-refractivity contribution in [3.05, 3.63) is 36.5 Å². The predicted molar refractivity (Wildman–Crippen MR) is 103 cm³/mol. The third kappa shape index (κ3) is 3.23. The van der Waals surface area contributed by atoms with E-state index in [-0.39, 0.29) is 14.7 Å². The van der Waals surface area contributed by atoms with E-state index in [2.05, 4.69) is 3.98 Å². The van der Waals surface area contributed by atoms with Crippen LogP contribution in [0.15, 0.2) is 36.5 Å². The van der Waals surface area contributed by atoms with Crippen molar-refractivity contribution in [2.75, 3.05) is 34.2 Å². The van der Waals surface area contributed by atoms with E-state index < -0.39 is 0 Å². The van der Waals surface area contributed by atoms with Gasteiger partial charge in [-0.3, -0.25) is 0 Å². The van der Waals surface area contributed by atoms with Crippen LogP contribution in [0.2, 0.25) is 0 Å². The van der Waals surface area contributed by atoms with Gasteiger partial charge in [0, 0.05) is 0 Å². The summed E-state index contributed by atoms with van der Waals surface area (Å²) in [4.78, 5) is 0. The van der Waals surface area contributed by atoms with E-state index in [9.17, 15) is 0 Å². The molecule has 0 bridgehead atoms. The fourth-order valence-electron chi connectivity index (χ4n) is 2.77. The Morgan fingerprint density at radius 1 is 0.808 bits per heavy atom. The van der Waals surface area contributed by atoms with Gasteiger partial charge in [0.1, 0.15) is 0 Å². The van der Waals surface area contributed by atoms with Gasteiger partial charge in [0.05, 0.1) is 0 Å². The maximum absolute atomic E-state index is 6.07. The summed E-state index contributed by atoms with van der Waals surface area (Å²) in [7, 11) is 6.40. The zero-order chi connectivity index (χ0) is 18.7. The molecule has 3 rings (SSSR count). The fourth-order valence-corrected chi connectivity index (χ4v) is 4.37. The van der Waals surface area contributed by atoms with Crippen molar-refractivity contribution in [3.8, 4) is 44.1 Å². The summed E-state index contributed by atoms with van der Waals surface area (Å²) in [6.07, 6.45) is 1.89. The number of hydrogen-bond donors (Lipinski definition) is 1. The molecular weight excluding hydrogens is 399 g/mol. The molecule has 3 aromatic rings. The third-order valence-corrected chi connectivity index (χ3v) is 5.82. The first-order valence-corrected chi connectivity index (χ1v) is 9.44. The summed E-state index contributed by atoms with van der Waals surface area (Å²) in [6.45, 7) is 0. The minimum atomic E-state index is -0.0310. The van der Waals surface area contributed by atoms with Gasteiger partial charge in [-0.05, 0) is 0 Å². The molecule has 0 unspecified atom stereocenters. The minimum absolute atomic E-state index is 0.0310. The van der Waals surface area contributed by atoms with Crippen molar-refractivity contribution < 1.29 is 18.9 Å². The van der Waals surface area contributed by atoms with Crippen LogP contribution in [0, 0.1) is 0 Å². The molecule has 0 aliphatic heterocycles. The summed E-state index contributed by atoms with van der Waals surface area (Å²) in [6, 6.07) is 9.65. The van der Waals surface area contributed by atoms with Gasteiger partial charge in [0.25, 0.3) is 0 Å². The van der Waals surface area contributed by atoms with Crippen LogP contribution in [0.4, 0.5) is 5.69 Å². The van der Waals surface area contributed by atoms with Gasteiger partial charge in [-0.15, -0.1) is 0 Å². The normalized spacial score (nSPS) is 10.5. The van der Waals surface area contributed by atoms with Crippen LogP contribution in [0.1, 0.15) is 0 Å². The van der Waals surface area contributed by atoms with E-state index in [0.717, 1.165) is 21.1 Å².